The highest BCUT2D eigenvalue weighted by Gasteiger charge is 2.16. The van der Waals surface area contributed by atoms with Crippen molar-refractivity contribution in [3.63, 3.8) is 0 Å². The minimum absolute atomic E-state index is 0.000730. The predicted octanol–water partition coefficient (Wildman–Crippen LogP) is 0.830. The molecule has 0 aliphatic rings. The van der Waals surface area contributed by atoms with Gasteiger partial charge in [-0.1, -0.05) is 0 Å². The van der Waals surface area contributed by atoms with Crippen molar-refractivity contribution < 1.29 is 23.8 Å². The number of nitrogens with one attached hydrogen (secondary N) is 1. The van der Waals surface area contributed by atoms with E-state index in [4.69, 9.17) is 9.84 Å². The van der Waals surface area contributed by atoms with Crippen molar-refractivity contribution in [3.8, 4) is 0 Å². The van der Waals surface area contributed by atoms with Gasteiger partial charge in [0.2, 0.25) is 0 Å². The normalized spacial score (nSPS) is 11.9. The molecule has 0 saturated carbocycles. The van der Waals surface area contributed by atoms with E-state index in [0.29, 0.717) is 6.61 Å². The third-order valence-electron chi connectivity index (χ3n) is 2.31. The van der Waals surface area contributed by atoms with E-state index in [1.54, 1.807) is 6.92 Å². The molecule has 1 atom stereocenters. The number of carbonyl (C=O) groups is 2. The van der Waals surface area contributed by atoms with E-state index >= 15 is 0 Å². The third kappa shape index (κ3) is 5.01. The van der Waals surface area contributed by atoms with E-state index in [-0.39, 0.29) is 18.5 Å². The largest absolute Gasteiger partial charge is 0.481 e. The van der Waals surface area contributed by atoms with Crippen molar-refractivity contribution in [2.75, 3.05) is 13.2 Å². The second-order valence-corrected chi connectivity index (χ2v) is 3.74. The van der Waals surface area contributed by atoms with Gasteiger partial charge in [-0.25, -0.2) is 4.39 Å². The van der Waals surface area contributed by atoms with Gasteiger partial charge < -0.3 is 15.2 Å². The summed E-state index contributed by atoms with van der Waals surface area (Å²) in [4.78, 5) is 25.8. The molecule has 1 heterocycles. The highest BCUT2D eigenvalue weighted by molar-refractivity contribution is 5.94. The molecule has 0 fully saturated rings. The molecule has 0 aliphatic carbocycles. The highest BCUT2D eigenvalue weighted by Crippen LogP contribution is 2.04. The number of carboxylic acid groups (broad SMARTS) is 1. The molecule has 0 spiro atoms. The predicted molar refractivity (Wildman–Crippen MR) is 64.2 cm³/mol. The molecule has 0 bridgehead atoms. The smallest absolute Gasteiger partial charge is 0.306 e. The van der Waals surface area contributed by atoms with Crippen LogP contribution in [-0.2, 0) is 9.53 Å². The number of amides is 1. The fourth-order valence-electron chi connectivity index (χ4n) is 1.48. The van der Waals surface area contributed by atoms with Crippen molar-refractivity contribution in [2.24, 2.45) is 0 Å². The molecule has 7 heteroatoms. The zero-order valence-electron chi connectivity index (χ0n) is 10.4. The van der Waals surface area contributed by atoms with Crippen molar-refractivity contribution in [1.82, 2.24) is 10.3 Å². The van der Waals surface area contributed by atoms with Crippen LogP contribution in [0, 0.1) is 5.82 Å². The first-order valence-corrected chi connectivity index (χ1v) is 5.75. The Morgan fingerprint density at radius 2 is 2.32 bits per heavy atom. The maximum Gasteiger partial charge on any atom is 0.306 e. The van der Waals surface area contributed by atoms with Crippen LogP contribution in [0.3, 0.4) is 0 Å². The van der Waals surface area contributed by atoms with E-state index < -0.39 is 23.8 Å². The molecule has 104 valence electrons. The van der Waals surface area contributed by atoms with Crippen LogP contribution < -0.4 is 5.32 Å². The summed E-state index contributed by atoms with van der Waals surface area (Å²) in [6.07, 6.45) is 1.37. The summed E-state index contributed by atoms with van der Waals surface area (Å²) in [7, 11) is 0. The minimum atomic E-state index is -1.03. The van der Waals surface area contributed by atoms with Gasteiger partial charge in [-0.2, -0.15) is 0 Å². The Morgan fingerprint density at radius 3 is 2.89 bits per heavy atom. The molecule has 1 aromatic rings. The Morgan fingerprint density at radius 1 is 1.58 bits per heavy atom. The third-order valence-corrected chi connectivity index (χ3v) is 2.31. The number of nitrogens with zero attached hydrogens (tertiary/aromatic N) is 1. The Balaban J connectivity index is 2.56. The maximum atomic E-state index is 13.3. The summed E-state index contributed by atoms with van der Waals surface area (Å²) in [5.74, 6) is -2.39. The lowest BCUT2D eigenvalue weighted by molar-refractivity contribution is -0.140. The number of rotatable bonds is 7. The van der Waals surface area contributed by atoms with Gasteiger partial charge in [0.05, 0.1) is 24.3 Å². The second-order valence-electron chi connectivity index (χ2n) is 3.74. The fraction of sp³-hybridized carbons (Fsp3) is 0.417. The van der Waals surface area contributed by atoms with Crippen molar-refractivity contribution in [3.05, 3.63) is 29.8 Å². The second kappa shape index (κ2) is 7.42. The maximum absolute atomic E-state index is 13.3. The molecule has 0 aromatic carbocycles. The van der Waals surface area contributed by atoms with Crippen LogP contribution in [0.5, 0.6) is 0 Å². The first-order valence-electron chi connectivity index (χ1n) is 5.75. The number of carbonyl (C=O) groups excluding carboxylic acids is 1. The van der Waals surface area contributed by atoms with Gasteiger partial charge in [0.15, 0.2) is 5.82 Å². The standard InChI is InChI=1S/C12H15FN2O4/c1-2-19-8(5-11(16)17)6-15-12(18)9-3-4-14-7-10(9)13/h3-4,7-8H,2,5-6H2,1H3,(H,15,18)(H,16,17). The van der Waals surface area contributed by atoms with Crippen molar-refractivity contribution in [2.45, 2.75) is 19.4 Å². The first-order chi connectivity index (χ1) is 9.04. The number of ether oxygens (including phenoxy) is 1. The van der Waals surface area contributed by atoms with Gasteiger partial charge in [-0.05, 0) is 13.0 Å². The average molecular weight is 270 g/mol. The summed E-state index contributed by atoms with van der Waals surface area (Å²) in [5, 5.41) is 11.1. The summed E-state index contributed by atoms with van der Waals surface area (Å²) in [6.45, 7) is 2.05. The Hall–Kier alpha value is -2.02. The van der Waals surface area contributed by atoms with Gasteiger partial charge in [0.1, 0.15) is 0 Å². The molecule has 2 N–H and O–H groups in total. The fourth-order valence-corrected chi connectivity index (χ4v) is 1.48. The zero-order valence-corrected chi connectivity index (χ0v) is 10.4. The van der Waals surface area contributed by atoms with Gasteiger partial charge in [0, 0.05) is 19.3 Å². The van der Waals surface area contributed by atoms with Crippen molar-refractivity contribution >= 4 is 11.9 Å². The molecule has 0 radical (unpaired) electrons. The minimum Gasteiger partial charge on any atom is -0.481 e. The molecule has 1 amide bonds. The van der Waals surface area contributed by atoms with E-state index in [0.717, 1.165) is 6.20 Å². The molecule has 0 aliphatic heterocycles. The van der Waals surface area contributed by atoms with Crippen LogP contribution in [0.4, 0.5) is 4.39 Å². The number of aliphatic carboxylic acids is 1. The monoisotopic (exact) mass is 270 g/mol. The SMILES string of the molecule is CCOC(CNC(=O)c1ccncc1F)CC(=O)O. The van der Waals surface area contributed by atoms with Crippen LogP contribution in [0.15, 0.2) is 18.5 Å². The van der Waals surface area contributed by atoms with Gasteiger partial charge >= 0.3 is 5.97 Å². The Labute approximate surface area is 109 Å². The lowest BCUT2D eigenvalue weighted by atomic mass is 10.2. The average Bonchev–Trinajstić information content (AvgIpc) is 2.36. The summed E-state index contributed by atoms with van der Waals surface area (Å²) in [5.41, 5.74) is -0.138. The van der Waals surface area contributed by atoms with E-state index in [2.05, 4.69) is 10.3 Å². The zero-order chi connectivity index (χ0) is 14.3. The summed E-state index contributed by atoms with van der Waals surface area (Å²) < 4.78 is 18.4. The molecule has 0 saturated heterocycles. The number of halogens is 1. The quantitative estimate of drug-likeness (QED) is 0.766. The number of pyridine rings is 1. The van der Waals surface area contributed by atoms with E-state index in [1.165, 1.54) is 12.3 Å². The summed E-state index contributed by atoms with van der Waals surface area (Å²) >= 11 is 0. The van der Waals surface area contributed by atoms with Gasteiger partial charge in [-0.15, -0.1) is 0 Å². The topological polar surface area (TPSA) is 88.5 Å². The molecular formula is C12H15FN2O4. The number of aromatic nitrogens is 1. The summed E-state index contributed by atoms with van der Waals surface area (Å²) in [6, 6.07) is 1.25. The van der Waals surface area contributed by atoms with E-state index in [9.17, 15) is 14.0 Å². The first kappa shape index (κ1) is 15.0. The van der Waals surface area contributed by atoms with Crippen LogP contribution in [0.25, 0.3) is 0 Å². The van der Waals surface area contributed by atoms with Crippen molar-refractivity contribution in [1.29, 1.82) is 0 Å². The molecule has 1 unspecified atom stereocenters. The molecular weight excluding hydrogens is 255 g/mol. The molecule has 1 rings (SSSR count). The lowest BCUT2D eigenvalue weighted by Gasteiger charge is -2.15. The lowest BCUT2D eigenvalue weighted by Crippen LogP contribution is -2.35. The van der Waals surface area contributed by atoms with Gasteiger partial charge in [-0.3, -0.25) is 14.6 Å². The van der Waals surface area contributed by atoms with E-state index in [1.807, 2.05) is 0 Å². The Bertz CT molecular complexity index is 453. The molecule has 19 heavy (non-hydrogen) atoms. The van der Waals surface area contributed by atoms with Crippen LogP contribution in [0.1, 0.15) is 23.7 Å². The number of hydrogen-bond acceptors (Lipinski definition) is 4. The van der Waals surface area contributed by atoms with Crippen LogP contribution >= 0.6 is 0 Å². The van der Waals surface area contributed by atoms with Crippen LogP contribution in [0.2, 0.25) is 0 Å². The van der Waals surface area contributed by atoms with Gasteiger partial charge in [0.25, 0.3) is 5.91 Å². The highest BCUT2D eigenvalue weighted by atomic mass is 19.1. The number of carboxylic acids is 1. The Kier molecular flexibility index (Phi) is 5.87. The number of hydrogen-bond donors (Lipinski definition) is 2. The van der Waals surface area contributed by atoms with Crippen LogP contribution in [-0.4, -0.2) is 41.2 Å². The molecule has 6 nitrogen and oxygen atoms in total. The molecule has 1 aromatic heterocycles.